The van der Waals surface area contributed by atoms with E-state index < -0.39 is 10.0 Å². The van der Waals surface area contributed by atoms with E-state index in [1.54, 1.807) is 13.1 Å². The van der Waals surface area contributed by atoms with Gasteiger partial charge in [-0.15, -0.1) is 0 Å². The van der Waals surface area contributed by atoms with Crippen molar-refractivity contribution in [1.29, 1.82) is 0 Å². The summed E-state index contributed by atoms with van der Waals surface area (Å²) in [6.07, 6.45) is 0. The van der Waals surface area contributed by atoms with Gasteiger partial charge >= 0.3 is 0 Å². The zero-order chi connectivity index (χ0) is 18.7. The number of ether oxygens (including phenoxy) is 1. The van der Waals surface area contributed by atoms with Crippen molar-refractivity contribution in [2.45, 2.75) is 25.3 Å². The summed E-state index contributed by atoms with van der Waals surface area (Å²) in [5, 5.41) is 0. The lowest BCUT2D eigenvalue weighted by molar-refractivity contribution is 0.122. The van der Waals surface area contributed by atoms with Gasteiger partial charge in [0.25, 0.3) is 0 Å². The fraction of sp³-hybridized carbons (Fsp3) is 0.400. The van der Waals surface area contributed by atoms with Crippen LogP contribution in [0.4, 0.5) is 5.69 Å². The SMILES string of the molecule is Cc1ccc(S(=O)(=O)N(C)Cc2ccc(N3CCOCC3)cc2)c(C)c1. The number of aryl methyl sites for hydroxylation is 2. The number of nitrogens with zero attached hydrogens (tertiary/aromatic N) is 2. The molecule has 0 radical (unpaired) electrons. The van der Waals surface area contributed by atoms with Gasteiger partial charge in [0.2, 0.25) is 10.0 Å². The second kappa shape index (κ2) is 7.78. The van der Waals surface area contributed by atoms with Crippen molar-refractivity contribution in [2.24, 2.45) is 0 Å². The molecule has 5 nitrogen and oxygen atoms in total. The molecule has 6 heteroatoms. The van der Waals surface area contributed by atoms with Gasteiger partial charge in [-0.05, 0) is 43.2 Å². The first-order chi connectivity index (χ1) is 12.4. The van der Waals surface area contributed by atoms with Crippen LogP contribution in [0.5, 0.6) is 0 Å². The van der Waals surface area contributed by atoms with E-state index in [4.69, 9.17) is 4.74 Å². The molecule has 140 valence electrons. The van der Waals surface area contributed by atoms with Crippen LogP contribution in [0.2, 0.25) is 0 Å². The summed E-state index contributed by atoms with van der Waals surface area (Å²) in [6.45, 7) is 7.42. The highest BCUT2D eigenvalue weighted by Crippen LogP contribution is 2.23. The molecule has 0 aliphatic carbocycles. The number of hydrogen-bond acceptors (Lipinski definition) is 4. The van der Waals surface area contributed by atoms with Gasteiger partial charge in [-0.2, -0.15) is 4.31 Å². The van der Waals surface area contributed by atoms with E-state index in [1.807, 2.05) is 38.1 Å². The largest absolute Gasteiger partial charge is 0.378 e. The molecule has 0 aromatic heterocycles. The van der Waals surface area contributed by atoms with Crippen molar-refractivity contribution >= 4 is 15.7 Å². The molecule has 1 fully saturated rings. The fourth-order valence-electron chi connectivity index (χ4n) is 3.23. The number of benzene rings is 2. The summed E-state index contributed by atoms with van der Waals surface area (Å²) < 4.78 is 32.6. The first-order valence-corrected chi connectivity index (χ1v) is 10.3. The van der Waals surface area contributed by atoms with Crippen LogP contribution in [0.15, 0.2) is 47.4 Å². The predicted molar refractivity (Wildman–Crippen MR) is 104 cm³/mol. The minimum Gasteiger partial charge on any atom is -0.378 e. The third kappa shape index (κ3) is 4.09. The highest BCUT2D eigenvalue weighted by atomic mass is 32.2. The van der Waals surface area contributed by atoms with Gasteiger partial charge in [0, 0.05) is 32.4 Å². The first-order valence-electron chi connectivity index (χ1n) is 8.83. The normalized spacial score (nSPS) is 15.5. The maximum Gasteiger partial charge on any atom is 0.243 e. The maximum atomic E-state index is 12.9. The van der Waals surface area contributed by atoms with Gasteiger partial charge in [0.1, 0.15) is 0 Å². The average Bonchev–Trinajstić information content (AvgIpc) is 2.62. The summed E-state index contributed by atoms with van der Waals surface area (Å²) in [6, 6.07) is 13.5. The molecule has 0 atom stereocenters. The van der Waals surface area contributed by atoms with Gasteiger partial charge in [-0.3, -0.25) is 0 Å². The van der Waals surface area contributed by atoms with Crippen molar-refractivity contribution in [3.8, 4) is 0 Å². The van der Waals surface area contributed by atoms with Gasteiger partial charge in [-0.25, -0.2) is 8.42 Å². The molecule has 0 amide bonds. The van der Waals surface area contributed by atoms with E-state index in [0.717, 1.165) is 48.7 Å². The van der Waals surface area contributed by atoms with E-state index in [-0.39, 0.29) is 0 Å². The van der Waals surface area contributed by atoms with Crippen LogP contribution >= 0.6 is 0 Å². The smallest absolute Gasteiger partial charge is 0.243 e. The van der Waals surface area contributed by atoms with Crippen LogP contribution in [0.3, 0.4) is 0 Å². The minimum absolute atomic E-state index is 0.346. The quantitative estimate of drug-likeness (QED) is 0.807. The molecule has 0 N–H and O–H groups in total. The molecular weight excluding hydrogens is 348 g/mol. The second-order valence-electron chi connectivity index (χ2n) is 6.80. The van der Waals surface area contributed by atoms with Crippen LogP contribution in [0.1, 0.15) is 16.7 Å². The molecule has 1 aliphatic rings. The van der Waals surface area contributed by atoms with Crippen LogP contribution in [0, 0.1) is 13.8 Å². The average molecular weight is 375 g/mol. The Morgan fingerprint density at radius 1 is 1.04 bits per heavy atom. The molecule has 2 aromatic carbocycles. The Hall–Kier alpha value is -1.89. The van der Waals surface area contributed by atoms with Crippen molar-refractivity contribution in [3.05, 3.63) is 59.2 Å². The molecule has 26 heavy (non-hydrogen) atoms. The van der Waals surface area contributed by atoms with Crippen molar-refractivity contribution in [2.75, 3.05) is 38.3 Å². The van der Waals surface area contributed by atoms with Gasteiger partial charge in [0.15, 0.2) is 0 Å². The van der Waals surface area contributed by atoms with Crippen LogP contribution in [-0.2, 0) is 21.3 Å². The zero-order valence-corrected chi connectivity index (χ0v) is 16.4. The second-order valence-corrected chi connectivity index (χ2v) is 8.81. The highest BCUT2D eigenvalue weighted by molar-refractivity contribution is 7.89. The molecule has 1 saturated heterocycles. The van der Waals surface area contributed by atoms with Crippen molar-refractivity contribution < 1.29 is 13.2 Å². The van der Waals surface area contributed by atoms with Crippen LogP contribution in [0.25, 0.3) is 0 Å². The first kappa shape index (κ1) is 18.9. The highest BCUT2D eigenvalue weighted by Gasteiger charge is 2.23. The Labute approximate surface area is 156 Å². The molecule has 2 aromatic rings. The lowest BCUT2D eigenvalue weighted by Crippen LogP contribution is -2.36. The molecule has 1 aliphatic heterocycles. The molecule has 0 spiro atoms. The monoisotopic (exact) mass is 374 g/mol. The molecule has 3 rings (SSSR count). The topological polar surface area (TPSA) is 49.9 Å². The van der Waals surface area contributed by atoms with Crippen molar-refractivity contribution in [1.82, 2.24) is 4.31 Å². The fourth-order valence-corrected chi connectivity index (χ4v) is 4.59. The Morgan fingerprint density at radius 3 is 2.31 bits per heavy atom. The van der Waals surface area contributed by atoms with Gasteiger partial charge in [0.05, 0.1) is 18.1 Å². The Morgan fingerprint density at radius 2 is 1.69 bits per heavy atom. The lowest BCUT2D eigenvalue weighted by atomic mass is 10.2. The van der Waals surface area contributed by atoms with E-state index >= 15 is 0 Å². The Balaban J connectivity index is 1.73. The number of morpholine rings is 1. The number of rotatable bonds is 5. The van der Waals surface area contributed by atoms with Gasteiger partial charge < -0.3 is 9.64 Å². The summed E-state index contributed by atoms with van der Waals surface area (Å²) in [4.78, 5) is 2.65. The lowest BCUT2D eigenvalue weighted by Gasteiger charge is -2.29. The summed E-state index contributed by atoms with van der Waals surface area (Å²) in [5.41, 5.74) is 3.96. The van der Waals surface area contributed by atoms with Gasteiger partial charge in [-0.1, -0.05) is 29.8 Å². The Bertz CT molecular complexity index is 857. The van der Waals surface area contributed by atoms with Crippen molar-refractivity contribution in [3.63, 3.8) is 0 Å². The molecule has 0 unspecified atom stereocenters. The standard InChI is InChI=1S/C20H26N2O3S/c1-16-4-9-20(17(2)14-16)26(23,24)21(3)15-18-5-7-19(8-6-18)22-10-12-25-13-11-22/h4-9,14H,10-13,15H2,1-3H3. The maximum absolute atomic E-state index is 12.9. The Kier molecular flexibility index (Phi) is 5.65. The molecular formula is C20H26N2O3S. The predicted octanol–water partition coefficient (Wildman–Crippen LogP) is 2.96. The third-order valence-corrected chi connectivity index (χ3v) is 6.70. The summed E-state index contributed by atoms with van der Waals surface area (Å²) in [7, 11) is -1.88. The molecule has 1 heterocycles. The van der Waals surface area contributed by atoms with E-state index in [9.17, 15) is 8.42 Å². The third-order valence-electron chi connectivity index (χ3n) is 4.74. The molecule has 0 saturated carbocycles. The summed E-state index contributed by atoms with van der Waals surface area (Å²) >= 11 is 0. The van der Waals surface area contributed by atoms with Crippen LogP contribution < -0.4 is 4.90 Å². The van der Waals surface area contributed by atoms with E-state index in [0.29, 0.717) is 11.4 Å². The molecule has 0 bridgehead atoms. The number of hydrogen-bond donors (Lipinski definition) is 0. The zero-order valence-electron chi connectivity index (χ0n) is 15.6. The number of anilines is 1. The minimum atomic E-state index is -3.51. The van der Waals surface area contributed by atoms with Crippen LogP contribution in [-0.4, -0.2) is 46.1 Å². The van der Waals surface area contributed by atoms with E-state index in [1.165, 1.54) is 4.31 Å². The van der Waals surface area contributed by atoms with E-state index in [2.05, 4.69) is 17.0 Å². The summed E-state index contributed by atoms with van der Waals surface area (Å²) in [5.74, 6) is 0. The number of sulfonamides is 1.